The Labute approximate surface area is 173 Å². The topological polar surface area (TPSA) is 66.8 Å². The van der Waals surface area contributed by atoms with E-state index in [0.29, 0.717) is 15.9 Å². The van der Waals surface area contributed by atoms with Gasteiger partial charge < -0.3 is 4.90 Å². The third kappa shape index (κ3) is 3.97. The summed E-state index contributed by atoms with van der Waals surface area (Å²) in [6.45, 7) is 2.00. The van der Waals surface area contributed by atoms with Crippen molar-refractivity contribution in [3.63, 3.8) is 0 Å². The minimum absolute atomic E-state index is 0.0427. The van der Waals surface area contributed by atoms with E-state index in [1.807, 2.05) is 54.3 Å². The zero-order chi connectivity index (χ0) is 19.9. The highest BCUT2D eigenvalue weighted by atomic mass is 35.5. The highest BCUT2D eigenvalue weighted by Gasteiger charge is 2.49. The first kappa shape index (κ1) is 19.5. The molecule has 2 atom stereocenters. The lowest BCUT2D eigenvalue weighted by atomic mass is 10.1. The lowest BCUT2D eigenvalue weighted by Crippen LogP contribution is -2.38. The largest absolute Gasteiger partial charge is 0.314 e. The summed E-state index contributed by atoms with van der Waals surface area (Å²) in [5.41, 5.74) is 2.71. The van der Waals surface area contributed by atoms with Crippen LogP contribution in [0.4, 0.5) is 5.69 Å². The molecule has 0 bridgehead atoms. The number of sulfone groups is 1. The second kappa shape index (κ2) is 7.54. The minimum atomic E-state index is -3.11. The van der Waals surface area contributed by atoms with Gasteiger partial charge in [-0.05, 0) is 24.6 Å². The molecule has 0 radical (unpaired) electrons. The quantitative estimate of drug-likeness (QED) is 0.739. The molecule has 2 fully saturated rings. The monoisotopic (exact) mass is 434 g/mol. The van der Waals surface area contributed by atoms with Gasteiger partial charge in [0, 0.05) is 5.25 Å². The van der Waals surface area contributed by atoms with Gasteiger partial charge in [-0.25, -0.2) is 8.42 Å². The van der Waals surface area contributed by atoms with E-state index in [2.05, 4.69) is 4.99 Å². The van der Waals surface area contributed by atoms with Crippen LogP contribution in [-0.4, -0.2) is 42.3 Å². The molecule has 0 aliphatic carbocycles. The number of para-hydroxylation sites is 1. The zero-order valence-electron chi connectivity index (χ0n) is 15.2. The summed E-state index contributed by atoms with van der Waals surface area (Å²) >= 11 is 7.73. The molecule has 8 heteroatoms. The fraction of sp³-hybridized carbons (Fsp3) is 0.300. The lowest BCUT2D eigenvalue weighted by Gasteiger charge is -2.25. The van der Waals surface area contributed by atoms with Crippen molar-refractivity contribution in [1.82, 2.24) is 0 Å². The molecule has 2 aromatic carbocycles. The molecule has 1 amide bonds. The number of carbonyl (C=O) groups excluding carboxylic acids is 1. The first-order valence-electron chi connectivity index (χ1n) is 8.90. The molecule has 2 aromatic rings. The number of rotatable bonds is 3. The highest BCUT2D eigenvalue weighted by molar-refractivity contribution is 8.16. The van der Waals surface area contributed by atoms with Gasteiger partial charge in [0.05, 0.1) is 34.7 Å². The Morgan fingerprint density at radius 2 is 1.89 bits per heavy atom. The van der Waals surface area contributed by atoms with E-state index in [-0.39, 0.29) is 35.1 Å². The van der Waals surface area contributed by atoms with Crippen LogP contribution in [0.15, 0.2) is 53.5 Å². The third-order valence-electron chi connectivity index (χ3n) is 4.87. The number of aryl methyl sites for hydroxylation is 1. The fourth-order valence-electron chi connectivity index (χ4n) is 3.52. The number of fused-ring (bicyclic) bond motifs is 1. The Morgan fingerprint density at radius 1 is 1.18 bits per heavy atom. The van der Waals surface area contributed by atoms with E-state index in [9.17, 15) is 13.2 Å². The smallest absolute Gasteiger partial charge is 0.252 e. The minimum Gasteiger partial charge on any atom is -0.314 e. The SMILES string of the molecule is Cc1ccc(CC(=O)N=C2S[C@@H]3CS(=O)(=O)C[C@H]3N2c2ccccc2Cl)cc1. The average molecular weight is 435 g/mol. The van der Waals surface area contributed by atoms with Gasteiger partial charge in [-0.1, -0.05) is 65.3 Å². The van der Waals surface area contributed by atoms with E-state index in [1.54, 1.807) is 6.07 Å². The number of amides is 1. The number of nitrogens with zero attached hydrogens (tertiary/aromatic N) is 2. The summed E-state index contributed by atoms with van der Waals surface area (Å²) in [6, 6.07) is 14.7. The first-order valence-corrected chi connectivity index (χ1v) is 12.0. The van der Waals surface area contributed by atoms with Crippen molar-refractivity contribution < 1.29 is 13.2 Å². The van der Waals surface area contributed by atoms with Gasteiger partial charge >= 0.3 is 0 Å². The van der Waals surface area contributed by atoms with Crippen LogP contribution in [0.5, 0.6) is 0 Å². The van der Waals surface area contributed by atoms with Crippen molar-refractivity contribution in [2.75, 3.05) is 16.4 Å². The van der Waals surface area contributed by atoms with Crippen molar-refractivity contribution in [3.05, 3.63) is 64.7 Å². The van der Waals surface area contributed by atoms with Crippen LogP contribution in [0.2, 0.25) is 5.02 Å². The maximum absolute atomic E-state index is 12.6. The molecule has 2 saturated heterocycles. The number of hydrogen-bond acceptors (Lipinski definition) is 4. The van der Waals surface area contributed by atoms with Crippen LogP contribution in [0, 0.1) is 6.92 Å². The highest BCUT2D eigenvalue weighted by Crippen LogP contribution is 2.42. The molecule has 5 nitrogen and oxygen atoms in total. The predicted octanol–water partition coefficient (Wildman–Crippen LogP) is 3.49. The predicted molar refractivity (Wildman–Crippen MR) is 115 cm³/mol. The van der Waals surface area contributed by atoms with Gasteiger partial charge in [0.25, 0.3) is 5.91 Å². The molecule has 0 saturated carbocycles. The maximum Gasteiger partial charge on any atom is 0.252 e. The Kier molecular flexibility index (Phi) is 5.24. The number of anilines is 1. The summed E-state index contributed by atoms with van der Waals surface area (Å²) in [5, 5.41) is 0.883. The summed E-state index contributed by atoms with van der Waals surface area (Å²) < 4.78 is 24.2. The zero-order valence-corrected chi connectivity index (χ0v) is 17.6. The van der Waals surface area contributed by atoms with Gasteiger partial charge in [0.15, 0.2) is 15.0 Å². The number of amidine groups is 1. The molecular formula is C20H19ClN2O3S2. The Hall–Kier alpha value is -1.83. The molecule has 0 unspecified atom stereocenters. The van der Waals surface area contributed by atoms with Crippen LogP contribution >= 0.6 is 23.4 Å². The van der Waals surface area contributed by atoms with E-state index < -0.39 is 9.84 Å². The second-order valence-electron chi connectivity index (χ2n) is 7.07. The second-order valence-corrected chi connectivity index (χ2v) is 10.8. The molecule has 0 aromatic heterocycles. The Bertz CT molecular complexity index is 1050. The number of benzene rings is 2. The van der Waals surface area contributed by atoms with E-state index >= 15 is 0 Å². The number of carbonyl (C=O) groups is 1. The summed E-state index contributed by atoms with van der Waals surface area (Å²) in [6.07, 6.45) is 0.203. The molecule has 0 spiro atoms. The normalized spacial score (nSPS) is 24.5. The molecule has 0 N–H and O–H groups in total. The van der Waals surface area contributed by atoms with E-state index in [4.69, 9.17) is 11.6 Å². The standard InChI is InChI=1S/C20H19ClN2O3S2/c1-13-6-8-14(9-7-13)10-19(24)22-20-23(16-5-3-2-4-15(16)21)17-11-28(25,26)12-18(17)27-20/h2-9,17-18H,10-12H2,1H3/t17-,18-/m1/s1. The van der Waals surface area contributed by atoms with E-state index in [1.165, 1.54) is 11.8 Å². The van der Waals surface area contributed by atoms with Crippen molar-refractivity contribution in [3.8, 4) is 0 Å². The summed E-state index contributed by atoms with van der Waals surface area (Å²) in [7, 11) is -3.11. The number of halogens is 1. The van der Waals surface area contributed by atoms with Crippen LogP contribution in [0.3, 0.4) is 0 Å². The van der Waals surface area contributed by atoms with Crippen LogP contribution < -0.4 is 4.90 Å². The van der Waals surface area contributed by atoms with Gasteiger partial charge in [0.2, 0.25) is 0 Å². The van der Waals surface area contributed by atoms with Crippen molar-refractivity contribution in [2.24, 2.45) is 4.99 Å². The molecule has 2 aliphatic rings. The van der Waals surface area contributed by atoms with Crippen LogP contribution in [-0.2, 0) is 21.1 Å². The lowest BCUT2D eigenvalue weighted by molar-refractivity contribution is -0.117. The molecule has 4 rings (SSSR count). The molecule has 28 heavy (non-hydrogen) atoms. The van der Waals surface area contributed by atoms with Crippen LogP contribution in [0.1, 0.15) is 11.1 Å². The van der Waals surface area contributed by atoms with Crippen molar-refractivity contribution in [2.45, 2.75) is 24.6 Å². The average Bonchev–Trinajstić information content (AvgIpc) is 3.08. The first-order chi connectivity index (χ1) is 13.3. The van der Waals surface area contributed by atoms with Crippen molar-refractivity contribution >= 4 is 50.0 Å². The van der Waals surface area contributed by atoms with Gasteiger partial charge in [-0.3, -0.25) is 4.79 Å². The third-order valence-corrected chi connectivity index (χ3v) is 8.40. The summed E-state index contributed by atoms with van der Waals surface area (Å²) in [4.78, 5) is 18.7. The van der Waals surface area contributed by atoms with Crippen LogP contribution in [0.25, 0.3) is 0 Å². The maximum atomic E-state index is 12.6. The number of aliphatic imine (C=N–C) groups is 1. The van der Waals surface area contributed by atoms with Gasteiger partial charge in [-0.15, -0.1) is 0 Å². The molecule has 146 valence electrons. The number of hydrogen-bond donors (Lipinski definition) is 0. The summed E-state index contributed by atoms with van der Waals surface area (Å²) in [5.74, 6) is -0.124. The number of thioether (sulfide) groups is 1. The Balaban J connectivity index is 1.65. The molecule has 2 aliphatic heterocycles. The van der Waals surface area contributed by atoms with Gasteiger partial charge in [0.1, 0.15) is 0 Å². The van der Waals surface area contributed by atoms with E-state index in [0.717, 1.165) is 11.1 Å². The Morgan fingerprint density at radius 3 is 2.61 bits per heavy atom. The molecule has 2 heterocycles. The molecular weight excluding hydrogens is 416 g/mol. The fourth-order valence-corrected chi connectivity index (χ4v) is 7.67. The van der Waals surface area contributed by atoms with Crippen molar-refractivity contribution in [1.29, 1.82) is 0 Å². The van der Waals surface area contributed by atoms with Gasteiger partial charge in [-0.2, -0.15) is 4.99 Å².